The second-order valence-corrected chi connectivity index (χ2v) is 4.75. The van der Waals surface area contributed by atoms with Gasteiger partial charge >= 0.3 is 0 Å². The first kappa shape index (κ1) is 10.8. The van der Waals surface area contributed by atoms with Gasteiger partial charge in [0, 0.05) is 5.56 Å². The van der Waals surface area contributed by atoms with Crippen LogP contribution in [0.15, 0.2) is 42.5 Å². The van der Waals surface area contributed by atoms with Crippen molar-refractivity contribution < 1.29 is 9.47 Å². The summed E-state index contributed by atoms with van der Waals surface area (Å²) in [5, 5.41) is 2.46. The normalized spacial score (nSPS) is 28.7. The van der Waals surface area contributed by atoms with Crippen LogP contribution in [0.5, 0.6) is 0 Å². The van der Waals surface area contributed by atoms with Crippen molar-refractivity contribution in [2.75, 3.05) is 6.61 Å². The first-order chi connectivity index (χ1) is 8.17. The van der Waals surface area contributed by atoms with Crippen molar-refractivity contribution in [1.29, 1.82) is 0 Å². The zero-order chi connectivity index (χ0) is 11.9. The Morgan fingerprint density at radius 2 is 1.88 bits per heavy atom. The summed E-state index contributed by atoms with van der Waals surface area (Å²) in [6.07, 6.45) is 0.159. The van der Waals surface area contributed by atoms with Crippen molar-refractivity contribution in [3.63, 3.8) is 0 Å². The van der Waals surface area contributed by atoms with Gasteiger partial charge in [-0.25, -0.2) is 0 Å². The van der Waals surface area contributed by atoms with E-state index in [1.807, 2.05) is 26.0 Å². The molecule has 3 rings (SSSR count). The van der Waals surface area contributed by atoms with E-state index in [9.17, 15) is 0 Å². The van der Waals surface area contributed by atoms with E-state index in [1.165, 1.54) is 10.8 Å². The van der Waals surface area contributed by atoms with Gasteiger partial charge in [0.2, 0.25) is 0 Å². The Labute approximate surface area is 101 Å². The van der Waals surface area contributed by atoms with Gasteiger partial charge in [-0.1, -0.05) is 36.4 Å². The lowest BCUT2D eigenvalue weighted by atomic mass is 10.0. The zero-order valence-corrected chi connectivity index (χ0v) is 10.1. The minimum Gasteiger partial charge on any atom is -0.343 e. The quantitative estimate of drug-likeness (QED) is 0.744. The highest BCUT2D eigenvalue weighted by Gasteiger charge is 2.36. The number of rotatable bonds is 1. The first-order valence-corrected chi connectivity index (χ1v) is 5.98. The summed E-state index contributed by atoms with van der Waals surface area (Å²) in [4.78, 5) is 0. The Kier molecular flexibility index (Phi) is 2.42. The van der Waals surface area contributed by atoms with Crippen LogP contribution in [0.2, 0.25) is 0 Å². The fraction of sp³-hybridized carbons (Fsp3) is 0.333. The molecule has 0 N–H and O–H groups in total. The monoisotopic (exact) mass is 228 g/mol. The molecule has 88 valence electrons. The van der Waals surface area contributed by atoms with E-state index in [1.54, 1.807) is 0 Å². The molecule has 0 radical (unpaired) electrons. The summed E-state index contributed by atoms with van der Waals surface area (Å²) < 4.78 is 11.6. The van der Waals surface area contributed by atoms with Crippen LogP contribution in [-0.4, -0.2) is 12.7 Å². The number of hydrogen-bond donors (Lipinski definition) is 0. The van der Waals surface area contributed by atoms with Gasteiger partial charge in [-0.3, -0.25) is 0 Å². The van der Waals surface area contributed by atoms with Gasteiger partial charge in [-0.05, 0) is 30.7 Å². The van der Waals surface area contributed by atoms with Gasteiger partial charge in [-0.2, -0.15) is 0 Å². The number of ether oxygens (including phenoxy) is 2. The predicted molar refractivity (Wildman–Crippen MR) is 67.8 cm³/mol. The maximum absolute atomic E-state index is 5.86. The molecule has 1 fully saturated rings. The average molecular weight is 228 g/mol. The Bertz CT molecular complexity index is 549. The van der Waals surface area contributed by atoms with Gasteiger partial charge in [0.25, 0.3) is 0 Å². The van der Waals surface area contributed by atoms with Crippen LogP contribution in [0.4, 0.5) is 0 Å². The lowest BCUT2D eigenvalue weighted by molar-refractivity contribution is -0.159. The topological polar surface area (TPSA) is 18.5 Å². The summed E-state index contributed by atoms with van der Waals surface area (Å²) in [6.45, 7) is 4.68. The lowest BCUT2D eigenvalue weighted by Gasteiger charge is -2.23. The third-order valence-electron chi connectivity index (χ3n) is 3.29. The van der Waals surface area contributed by atoms with E-state index in [-0.39, 0.29) is 6.10 Å². The van der Waals surface area contributed by atoms with Crippen molar-refractivity contribution in [3.05, 3.63) is 48.0 Å². The Hall–Kier alpha value is -1.38. The highest BCUT2D eigenvalue weighted by atomic mass is 16.7. The Balaban J connectivity index is 2.06. The van der Waals surface area contributed by atoms with Crippen molar-refractivity contribution in [2.45, 2.75) is 25.7 Å². The molecule has 1 aliphatic heterocycles. The van der Waals surface area contributed by atoms with Crippen LogP contribution >= 0.6 is 0 Å². The van der Waals surface area contributed by atoms with E-state index in [4.69, 9.17) is 9.47 Å². The molecule has 0 aromatic heterocycles. The number of fused-ring (bicyclic) bond motifs is 1. The van der Waals surface area contributed by atoms with Crippen molar-refractivity contribution in [2.24, 2.45) is 0 Å². The van der Waals surface area contributed by atoms with Gasteiger partial charge < -0.3 is 9.47 Å². The largest absolute Gasteiger partial charge is 0.343 e. The molecule has 2 aromatic carbocycles. The van der Waals surface area contributed by atoms with Crippen LogP contribution in [0.1, 0.15) is 19.4 Å². The second-order valence-electron chi connectivity index (χ2n) is 4.75. The highest BCUT2D eigenvalue weighted by Crippen LogP contribution is 2.34. The van der Waals surface area contributed by atoms with Crippen LogP contribution in [0.25, 0.3) is 10.8 Å². The third kappa shape index (κ3) is 1.84. The summed E-state index contributed by atoms with van der Waals surface area (Å²) in [5.74, 6) is -0.594. The minimum atomic E-state index is -0.594. The van der Waals surface area contributed by atoms with E-state index in [2.05, 4.69) is 30.3 Å². The van der Waals surface area contributed by atoms with Gasteiger partial charge in [0.05, 0.1) is 12.7 Å². The van der Waals surface area contributed by atoms with Crippen LogP contribution in [0.3, 0.4) is 0 Å². The molecule has 0 aliphatic carbocycles. The smallest absolute Gasteiger partial charge is 0.192 e. The molecule has 2 heteroatoms. The standard InChI is InChI=1S/C15H16O2/c1-11-10-16-15(2,17-11)14-8-7-12-5-3-4-6-13(12)9-14/h3-9,11H,10H2,1-2H3/t11-,15-/m1/s1. The summed E-state index contributed by atoms with van der Waals surface area (Å²) in [6, 6.07) is 14.7. The van der Waals surface area contributed by atoms with Crippen LogP contribution < -0.4 is 0 Å². The van der Waals surface area contributed by atoms with Crippen molar-refractivity contribution >= 4 is 10.8 Å². The summed E-state index contributed by atoms with van der Waals surface area (Å²) in [7, 11) is 0. The van der Waals surface area contributed by atoms with Crippen molar-refractivity contribution in [1.82, 2.24) is 0 Å². The van der Waals surface area contributed by atoms with E-state index >= 15 is 0 Å². The van der Waals surface area contributed by atoms with Gasteiger partial charge in [0.15, 0.2) is 5.79 Å². The Morgan fingerprint density at radius 1 is 1.12 bits per heavy atom. The highest BCUT2D eigenvalue weighted by molar-refractivity contribution is 5.83. The zero-order valence-electron chi connectivity index (χ0n) is 10.1. The molecule has 1 aliphatic rings. The molecule has 17 heavy (non-hydrogen) atoms. The molecule has 0 bridgehead atoms. The molecule has 2 aromatic rings. The van der Waals surface area contributed by atoms with E-state index < -0.39 is 5.79 Å². The molecular formula is C15H16O2. The molecule has 0 spiro atoms. The molecule has 2 atom stereocenters. The molecule has 2 nitrogen and oxygen atoms in total. The SMILES string of the molecule is C[C@@H]1CO[C@@](C)(c2ccc3ccccc3c2)O1. The number of hydrogen-bond acceptors (Lipinski definition) is 2. The third-order valence-corrected chi connectivity index (χ3v) is 3.29. The van der Waals surface area contributed by atoms with E-state index in [0.29, 0.717) is 6.61 Å². The molecular weight excluding hydrogens is 212 g/mol. The Morgan fingerprint density at radius 3 is 2.59 bits per heavy atom. The first-order valence-electron chi connectivity index (χ1n) is 5.98. The average Bonchev–Trinajstić information content (AvgIpc) is 2.70. The minimum absolute atomic E-state index is 0.159. The molecule has 1 saturated heterocycles. The summed E-state index contributed by atoms with van der Waals surface area (Å²) >= 11 is 0. The van der Waals surface area contributed by atoms with Gasteiger partial charge in [0.1, 0.15) is 0 Å². The van der Waals surface area contributed by atoms with Crippen molar-refractivity contribution in [3.8, 4) is 0 Å². The number of benzene rings is 2. The molecule has 1 heterocycles. The molecule has 0 unspecified atom stereocenters. The maximum atomic E-state index is 5.86. The lowest BCUT2D eigenvalue weighted by Crippen LogP contribution is -2.23. The fourth-order valence-corrected chi connectivity index (χ4v) is 2.35. The van der Waals surface area contributed by atoms with Crippen LogP contribution in [-0.2, 0) is 15.3 Å². The fourth-order valence-electron chi connectivity index (χ4n) is 2.35. The van der Waals surface area contributed by atoms with Gasteiger partial charge in [-0.15, -0.1) is 0 Å². The predicted octanol–water partition coefficient (Wildman–Crippen LogP) is 3.45. The second kappa shape index (κ2) is 3.83. The maximum Gasteiger partial charge on any atom is 0.192 e. The summed E-state index contributed by atoms with van der Waals surface area (Å²) in [5.41, 5.74) is 1.08. The van der Waals surface area contributed by atoms with E-state index in [0.717, 1.165) is 5.56 Å². The van der Waals surface area contributed by atoms with Crippen LogP contribution in [0, 0.1) is 0 Å². The molecule has 0 saturated carbocycles. The molecule has 0 amide bonds.